The van der Waals surface area contributed by atoms with Gasteiger partial charge in [0.15, 0.2) is 7.26 Å². The molecule has 0 fully saturated rings. The SMILES string of the molecule is CCOC(=O)CC1([P+](c2ccccc2)(c2ccccc2)c2ccccc2)N=C(C(C)(C)C)OC1=O.[I-]. The number of cyclic esters (lactones) is 1. The molecule has 188 valence electrons. The molecule has 5 nitrogen and oxygen atoms in total. The van der Waals surface area contributed by atoms with E-state index in [-0.39, 0.29) is 37.0 Å². The number of esters is 2. The van der Waals surface area contributed by atoms with Gasteiger partial charge in [-0.2, -0.15) is 4.99 Å². The Balaban J connectivity index is 0.00000361. The van der Waals surface area contributed by atoms with Gasteiger partial charge in [-0.3, -0.25) is 4.79 Å². The van der Waals surface area contributed by atoms with Crippen LogP contribution in [0.5, 0.6) is 0 Å². The second-order valence-corrected chi connectivity index (χ2v) is 13.2. The zero-order chi connectivity index (χ0) is 25.1. The van der Waals surface area contributed by atoms with Crippen LogP contribution in [-0.4, -0.2) is 29.7 Å². The molecule has 1 aliphatic rings. The summed E-state index contributed by atoms with van der Waals surface area (Å²) in [6.07, 6.45) is -0.217. The molecule has 1 unspecified atom stereocenters. The standard InChI is InChI=1S/C29H31NO4P.HI/c1-5-33-25(31)21-29(27(32)34-26(30-29)28(2,3)4)35(22-15-9-6-10-16-22,23-17-11-7-12-18-23)24-19-13-8-14-20-24;/h6-20H,5,21H2,1-4H3;1H/q+1;/p-1. The summed E-state index contributed by atoms with van der Waals surface area (Å²) in [6.45, 7) is 7.83. The predicted molar refractivity (Wildman–Crippen MR) is 142 cm³/mol. The summed E-state index contributed by atoms with van der Waals surface area (Å²) in [7, 11) is -2.94. The van der Waals surface area contributed by atoms with Gasteiger partial charge >= 0.3 is 11.9 Å². The summed E-state index contributed by atoms with van der Waals surface area (Å²) in [5, 5.41) is 1.32. The van der Waals surface area contributed by atoms with Crippen molar-refractivity contribution in [3.63, 3.8) is 0 Å². The Bertz CT molecular complexity index is 1130. The van der Waals surface area contributed by atoms with Crippen LogP contribution in [0.15, 0.2) is 96.0 Å². The third-order valence-electron chi connectivity index (χ3n) is 6.13. The smallest absolute Gasteiger partial charge is 0.381 e. The number of halogens is 1. The second kappa shape index (κ2) is 11.2. The molecule has 4 rings (SSSR count). The highest BCUT2D eigenvalue weighted by Crippen LogP contribution is 2.69. The Hall–Kier alpha value is -2.57. The number of nitrogens with zero attached hydrogens (tertiary/aromatic N) is 1. The first-order valence-corrected chi connectivity index (χ1v) is 13.6. The summed E-state index contributed by atoms with van der Waals surface area (Å²) >= 11 is 0. The predicted octanol–water partition coefficient (Wildman–Crippen LogP) is 1.64. The first kappa shape index (κ1) is 28.0. The number of ether oxygens (including phenoxy) is 2. The van der Waals surface area contributed by atoms with Gasteiger partial charge in [0.25, 0.3) is 5.28 Å². The molecule has 0 aliphatic carbocycles. The third kappa shape index (κ3) is 4.85. The largest absolute Gasteiger partial charge is 1.00 e. The van der Waals surface area contributed by atoms with E-state index in [0.717, 1.165) is 15.9 Å². The van der Waals surface area contributed by atoms with Crippen molar-refractivity contribution in [2.45, 2.75) is 39.4 Å². The van der Waals surface area contributed by atoms with E-state index in [1.165, 1.54) is 0 Å². The molecule has 0 saturated heterocycles. The van der Waals surface area contributed by atoms with Crippen LogP contribution in [0.1, 0.15) is 34.1 Å². The van der Waals surface area contributed by atoms with Crippen LogP contribution in [0.2, 0.25) is 0 Å². The molecule has 1 atom stereocenters. The van der Waals surface area contributed by atoms with Crippen molar-refractivity contribution in [2.24, 2.45) is 10.4 Å². The zero-order valence-electron chi connectivity index (χ0n) is 21.0. The lowest BCUT2D eigenvalue weighted by Gasteiger charge is -2.37. The number of carbonyl (C=O) groups is 2. The minimum atomic E-state index is -2.94. The maximum atomic E-state index is 14.1. The normalized spacial score (nSPS) is 17.6. The highest BCUT2D eigenvalue weighted by Gasteiger charge is 2.72. The minimum absolute atomic E-state index is 0. The third-order valence-corrected chi connectivity index (χ3v) is 10.9. The van der Waals surface area contributed by atoms with Crippen molar-refractivity contribution >= 4 is 41.0 Å². The van der Waals surface area contributed by atoms with Crippen LogP contribution in [0.25, 0.3) is 0 Å². The molecule has 0 radical (unpaired) electrons. The fourth-order valence-electron chi connectivity index (χ4n) is 4.63. The molecular formula is C29H31INO4P. The van der Waals surface area contributed by atoms with Gasteiger partial charge in [0.1, 0.15) is 22.3 Å². The minimum Gasteiger partial charge on any atom is -1.00 e. The molecule has 0 aromatic heterocycles. The number of hydrogen-bond donors (Lipinski definition) is 0. The summed E-state index contributed by atoms with van der Waals surface area (Å²) in [4.78, 5) is 32.4. The van der Waals surface area contributed by atoms with Crippen molar-refractivity contribution in [3.8, 4) is 0 Å². The zero-order valence-corrected chi connectivity index (χ0v) is 24.0. The Morgan fingerprint density at radius 3 is 1.61 bits per heavy atom. The lowest BCUT2D eigenvalue weighted by Crippen LogP contribution is -3.00. The highest BCUT2D eigenvalue weighted by molar-refractivity contribution is 7.97. The summed E-state index contributed by atoms with van der Waals surface area (Å²) in [5.74, 6) is -0.658. The van der Waals surface area contributed by atoms with Gasteiger partial charge in [-0.25, -0.2) is 4.79 Å². The lowest BCUT2D eigenvalue weighted by atomic mass is 9.97. The maximum absolute atomic E-state index is 14.1. The number of hydrogen-bond acceptors (Lipinski definition) is 5. The summed E-state index contributed by atoms with van der Waals surface area (Å²) in [5.41, 5.74) is -0.522. The fraction of sp³-hybridized carbons (Fsp3) is 0.276. The van der Waals surface area contributed by atoms with Crippen LogP contribution in [0.3, 0.4) is 0 Å². The second-order valence-electron chi connectivity index (χ2n) is 9.53. The van der Waals surface area contributed by atoms with E-state index in [9.17, 15) is 9.59 Å². The van der Waals surface area contributed by atoms with E-state index in [0.29, 0.717) is 5.90 Å². The topological polar surface area (TPSA) is 65.0 Å². The molecule has 3 aromatic carbocycles. The number of benzene rings is 3. The van der Waals surface area contributed by atoms with Crippen LogP contribution in [0, 0.1) is 5.41 Å². The molecule has 0 N–H and O–H groups in total. The molecule has 0 spiro atoms. The van der Waals surface area contributed by atoms with Crippen molar-refractivity contribution < 1.29 is 43.0 Å². The Morgan fingerprint density at radius 2 is 1.28 bits per heavy atom. The van der Waals surface area contributed by atoms with Crippen LogP contribution in [-0.2, 0) is 19.1 Å². The van der Waals surface area contributed by atoms with Crippen molar-refractivity contribution in [1.29, 1.82) is 0 Å². The van der Waals surface area contributed by atoms with Gasteiger partial charge in [-0.15, -0.1) is 0 Å². The molecule has 36 heavy (non-hydrogen) atoms. The van der Waals surface area contributed by atoms with Crippen molar-refractivity contribution in [1.82, 2.24) is 0 Å². The van der Waals surface area contributed by atoms with Gasteiger partial charge < -0.3 is 33.5 Å². The Labute approximate surface area is 230 Å². The van der Waals surface area contributed by atoms with Gasteiger partial charge in [-0.1, -0.05) is 75.4 Å². The van der Waals surface area contributed by atoms with Crippen LogP contribution >= 0.6 is 7.26 Å². The molecule has 7 heteroatoms. The van der Waals surface area contributed by atoms with E-state index in [1.54, 1.807) is 6.92 Å². The van der Waals surface area contributed by atoms with Crippen LogP contribution < -0.4 is 39.9 Å². The Kier molecular flexibility index (Phi) is 8.73. The summed E-state index contributed by atoms with van der Waals surface area (Å²) < 4.78 is 11.3. The molecule has 3 aromatic rings. The molecule has 0 amide bonds. The maximum Gasteiger partial charge on any atom is 0.381 e. The van der Waals surface area contributed by atoms with E-state index in [4.69, 9.17) is 14.5 Å². The first-order chi connectivity index (χ1) is 16.8. The fourth-order valence-corrected chi connectivity index (χ4v) is 9.59. The Morgan fingerprint density at radius 1 is 0.861 bits per heavy atom. The van der Waals surface area contributed by atoms with E-state index >= 15 is 0 Å². The average molecular weight is 615 g/mol. The average Bonchev–Trinajstić information content (AvgIpc) is 3.19. The highest BCUT2D eigenvalue weighted by atomic mass is 127. The van der Waals surface area contributed by atoms with E-state index in [1.807, 2.05) is 112 Å². The molecule has 0 bridgehead atoms. The lowest BCUT2D eigenvalue weighted by molar-refractivity contribution is -0.148. The van der Waals surface area contributed by atoms with Crippen LogP contribution in [0.4, 0.5) is 0 Å². The molecular weight excluding hydrogens is 584 g/mol. The van der Waals surface area contributed by atoms with Gasteiger partial charge in [0, 0.05) is 5.41 Å². The number of rotatable bonds is 7. The van der Waals surface area contributed by atoms with E-state index in [2.05, 4.69) is 0 Å². The van der Waals surface area contributed by atoms with Crippen molar-refractivity contribution in [3.05, 3.63) is 91.0 Å². The van der Waals surface area contributed by atoms with Crippen molar-refractivity contribution in [2.75, 3.05) is 6.61 Å². The summed E-state index contributed by atoms with van der Waals surface area (Å²) in [6, 6.07) is 29.8. The van der Waals surface area contributed by atoms with Gasteiger partial charge in [0.2, 0.25) is 5.90 Å². The quantitative estimate of drug-likeness (QED) is 0.231. The molecule has 1 heterocycles. The number of aliphatic imine (C=N–C) groups is 1. The molecule has 0 saturated carbocycles. The van der Waals surface area contributed by atoms with E-state index < -0.39 is 29.9 Å². The number of carbonyl (C=O) groups excluding carboxylic acids is 2. The first-order valence-electron chi connectivity index (χ1n) is 11.8. The van der Waals surface area contributed by atoms with Gasteiger partial charge in [-0.05, 0) is 43.3 Å². The molecule has 1 aliphatic heterocycles. The van der Waals surface area contributed by atoms with Gasteiger partial charge in [0.05, 0.1) is 6.61 Å². The monoisotopic (exact) mass is 615 g/mol.